The minimum absolute atomic E-state index is 0.00889. The van der Waals surface area contributed by atoms with Crippen LogP contribution in [0.5, 0.6) is 0 Å². The van der Waals surface area contributed by atoms with Gasteiger partial charge < -0.3 is 19.4 Å². The van der Waals surface area contributed by atoms with Crippen molar-refractivity contribution in [2.45, 2.75) is 317 Å². The zero-order chi connectivity index (χ0) is 51.3. The molecule has 1 aliphatic rings. The highest BCUT2D eigenvalue weighted by Gasteiger charge is 2.26. The van der Waals surface area contributed by atoms with Crippen LogP contribution in [0.4, 0.5) is 0 Å². The van der Waals surface area contributed by atoms with Crippen molar-refractivity contribution in [3.63, 3.8) is 0 Å². The average Bonchev–Trinajstić information content (AvgIpc) is 3.38. The number of likely N-dealkylation sites (tertiary alicyclic amines) is 1. The maximum Gasteiger partial charge on any atom is 0.305 e. The van der Waals surface area contributed by atoms with E-state index in [0.29, 0.717) is 31.4 Å². The summed E-state index contributed by atoms with van der Waals surface area (Å²) in [6, 6.07) is 0. The molecule has 0 aromatic carbocycles. The smallest absolute Gasteiger partial charge is 0.305 e. The van der Waals surface area contributed by atoms with Gasteiger partial charge in [-0.25, -0.2) is 0 Å². The number of ether oxygens (including phenoxy) is 1. The Bertz CT molecular complexity index is 1090. The van der Waals surface area contributed by atoms with Gasteiger partial charge in [0.15, 0.2) is 0 Å². The van der Waals surface area contributed by atoms with Crippen molar-refractivity contribution < 1.29 is 14.3 Å². The number of amides is 1. The van der Waals surface area contributed by atoms with Crippen molar-refractivity contribution in [1.82, 2.24) is 19.6 Å². The Hall–Kier alpha value is -1.18. The minimum atomic E-state index is -0.00889. The Morgan fingerprint density at radius 2 is 0.732 bits per heavy atom. The van der Waals surface area contributed by atoms with Crippen LogP contribution in [-0.2, 0) is 14.3 Å². The molecule has 1 atom stereocenters. The van der Waals surface area contributed by atoms with Crippen molar-refractivity contribution in [2.24, 2.45) is 5.92 Å². The standard InChI is InChI=1S/C64H128N4O3/c1-6-11-16-20-24-25-26-27-28-32-36-40-50-65(51-43-38-33-39-48-64(70)71-59-45-15-10-5)56-49-62-47-46-55-68(60-62)63(69)61-67(54-44-37-31-23-19-14-9-4)58-57-66(52-41-34-29-21-17-12-7-2)53-42-35-30-22-18-13-8-3/h62H,6-61H2,1-5H3. The van der Waals surface area contributed by atoms with Crippen LogP contribution in [0.1, 0.15) is 317 Å². The van der Waals surface area contributed by atoms with E-state index in [-0.39, 0.29) is 5.97 Å². The van der Waals surface area contributed by atoms with Gasteiger partial charge in [0, 0.05) is 32.6 Å². The second kappa shape index (κ2) is 53.6. The van der Waals surface area contributed by atoms with E-state index in [0.717, 1.165) is 84.3 Å². The summed E-state index contributed by atoms with van der Waals surface area (Å²) in [5, 5.41) is 0. The summed E-state index contributed by atoms with van der Waals surface area (Å²) in [7, 11) is 0. The molecule has 1 saturated heterocycles. The first-order valence-electron chi connectivity index (χ1n) is 32.6. The largest absolute Gasteiger partial charge is 0.466 e. The molecular formula is C64H128N4O3. The SMILES string of the molecule is CCCCCCCCCCCCCCN(CCCCCCC(=O)OCCCCC)CCC1CCCN(C(=O)CN(CCCCCCCCC)CCN(CCCCCCCCC)CCCCCCCCC)C1. The number of esters is 1. The molecule has 0 aromatic rings. The summed E-state index contributed by atoms with van der Waals surface area (Å²) in [6.07, 6.45) is 57.1. The zero-order valence-electron chi connectivity index (χ0n) is 49.2. The van der Waals surface area contributed by atoms with Gasteiger partial charge >= 0.3 is 5.97 Å². The highest BCUT2D eigenvalue weighted by Crippen LogP contribution is 2.22. The third-order valence-corrected chi connectivity index (χ3v) is 16.0. The lowest BCUT2D eigenvalue weighted by Crippen LogP contribution is -2.47. The quantitative estimate of drug-likeness (QED) is 0.0447. The highest BCUT2D eigenvalue weighted by molar-refractivity contribution is 5.78. The van der Waals surface area contributed by atoms with Crippen molar-refractivity contribution in [1.29, 1.82) is 0 Å². The molecule has 1 amide bonds. The summed E-state index contributed by atoms with van der Waals surface area (Å²) in [5.41, 5.74) is 0. The van der Waals surface area contributed by atoms with Gasteiger partial charge in [0.2, 0.25) is 5.91 Å². The van der Waals surface area contributed by atoms with E-state index in [9.17, 15) is 9.59 Å². The van der Waals surface area contributed by atoms with Crippen molar-refractivity contribution in [3.05, 3.63) is 0 Å². The highest BCUT2D eigenvalue weighted by atomic mass is 16.5. The average molecular weight is 1000 g/mol. The second-order valence-corrected chi connectivity index (χ2v) is 22.9. The molecule has 0 spiro atoms. The van der Waals surface area contributed by atoms with E-state index in [2.05, 4.69) is 54.2 Å². The van der Waals surface area contributed by atoms with E-state index in [4.69, 9.17) is 4.74 Å². The van der Waals surface area contributed by atoms with Gasteiger partial charge in [0.1, 0.15) is 0 Å². The lowest BCUT2D eigenvalue weighted by atomic mass is 9.94. The second-order valence-electron chi connectivity index (χ2n) is 22.9. The van der Waals surface area contributed by atoms with Crippen molar-refractivity contribution in [2.75, 3.05) is 78.6 Å². The van der Waals surface area contributed by atoms with Crippen molar-refractivity contribution >= 4 is 11.9 Å². The minimum Gasteiger partial charge on any atom is -0.466 e. The molecule has 7 heteroatoms. The van der Waals surface area contributed by atoms with E-state index < -0.39 is 0 Å². The maximum absolute atomic E-state index is 14.3. The van der Waals surface area contributed by atoms with Crippen LogP contribution in [0, 0.1) is 5.92 Å². The Labute approximate surface area is 445 Å². The number of rotatable bonds is 56. The number of unbranched alkanes of at least 4 members (excludes halogenated alkanes) is 34. The Morgan fingerprint density at radius 3 is 1.15 bits per heavy atom. The van der Waals surface area contributed by atoms with Gasteiger partial charge in [-0.05, 0) is 109 Å². The van der Waals surface area contributed by atoms with Gasteiger partial charge in [0.05, 0.1) is 13.2 Å². The van der Waals surface area contributed by atoms with Crippen LogP contribution < -0.4 is 0 Å². The molecule has 1 heterocycles. The lowest BCUT2D eigenvalue weighted by molar-refractivity contribution is -0.144. The van der Waals surface area contributed by atoms with E-state index in [1.807, 2.05) is 0 Å². The Morgan fingerprint density at radius 1 is 0.394 bits per heavy atom. The van der Waals surface area contributed by atoms with Crippen LogP contribution in [0.25, 0.3) is 0 Å². The summed E-state index contributed by atoms with van der Waals surface area (Å²) < 4.78 is 5.46. The van der Waals surface area contributed by atoms with E-state index >= 15 is 0 Å². The first kappa shape index (κ1) is 67.8. The predicted molar refractivity (Wildman–Crippen MR) is 312 cm³/mol. The topological polar surface area (TPSA) is 56.3 Å². The third kappa shape index (κ3) is 44.8. The van der Waals surface area contributed by atoms with Gasteiger partial charge in [-0.15, -0.1) is 0 Å². The third-order valence-electron chi connectivity index (χ3n) is 16.0. The number of carbonyl (C=O) groups excluding carboxylic acids is 2. The number of piperidine rings is 1. The van der Waals surface area contributed by atoms with Crippen LogP contribution in [0.15, 0.2) is 0 Å². The number of nitrogens with zero attached hydrogens (tertiary/aromatic N) is 4. The fourth-order valence-corrected chi connectivity index (χ4v) is 11.0. The first-order valence-corrected chi connectivity index (χ1v) is 32.6. The molecule has 71 heavy (non-hydrogen) atoms. The molecule has 0 aliphatic carbocycles. The predicted octanol–water partition coefficient (Wildman–Crippen LogP) is 18.2. The van der Waals surface area contributed by atoms with Crippen LogP contribution in [0.2, 0.25) is 0 Å². The Kier molecular flexibility index (Phi) is 51.2. The van der Waals surface area contributed by atoms with Crippen LogP contribution >= 0.6 is 0 Å². The molecule has 0 aromatic heterocycles. The van der Waals surface area contributed by atoms with Gasteiger partial charge in [0.25, 0.3) is 0 Å². The summed E-state index contributed by atoms with van der Waals surface area (Å²) in [5.74, 6) is 0.989. The van der Waals surface area contributed by atoms with Gasteiger partial charge in [-0.3, -0.25) is 14.5 Å². The number of hydrogen-bond donors (Lipinski definition) is 0. The molecule has 0 N–H and O–H groups in total. The molecule has 1 rings (SSSR count). The van der Waals surface area contributed by atoms with Crippen molar-refractivity contribution in [3.8, 4) is 0 Å². The normalized spacial score (nSPS) is 14.2. The fourth-order valence-electron chi connectivity index (χ4n) is 11.0. The fraction of sp³-hybridized carbons (Fsp3) is 0.969. The maximum atomic E-state index is 14.3. The summed E-state index contributed by atoms with van der Waals surface area (Å²) in [4.78, 5) is 36.9. The Balaban J connectivity index is 2.81. The first-order chi connectivity index (χ1) is 35.0. The van der Waals surface area contributed by atoms with E-state index in [1.165, 1.54) is 257 Å². The van der Waals surface area contributed by atoms with E-state index in [1.54, 1.807) is 0 Å². The zero-order valence-corrected chi connectivity index (χ0v) is 49.2. The van der Waals surface area contributed by atoms with Crippen LogP contribution in [0.3, 0.4) is 0 Å². The molecule has 0 radical (unpaired) electrons. The van der Waals surface area contributed by atoms with Gasteiger partial charge in [-0.1, -0.05) is 247 Å². The number of hydrogen-bond acceptors (Lipinski definition) is 6. The molecule has 0 bridgehead atoms. The van der Waals surface area contributed by atoms with Gasteiger partial charge in [-0.2, -0.15) is 0 Å². The molecule has 0 saturated carbocycles. The lowest BCUT2D eigenvalue weighted by Gasteiger charge is -2.36. The monoisotopic (exact) mass is 1000 g/mol. The number of carbonyl (C=O) groups is 2. The molecule has 1 fully saturated rings. The molecule has 7 nitrogen and oxygen atoms in total. The molecule has 422 valence electrons. The summed E-state index contributed by atoms with van der Waals surface area (Å²) >= 11 is 0. The molecule has 1 aliphatic heterocycles. The summed E-state index contributed by atoms with van der Waals surface area (Å²) in [6.45, 7) is 23.7. The van der Waals surface area contributed by atoms with Crippen LogP contribution in [-0.4, -0.2) is 110 Å². The molecule has 1 unspecified atom stereocenters. The molecular weight excluding hydrogens is 873 g/mol.